The van der Waals surface area contributed by atoms with Crippen LogP contribution in [0.1, 0.15) is 12.0 Å². The van der Waals surface area contributed by atoms with Gasteiger partial charge in [0.2, 0.25) is 0 Å². The zero-order valence-corrected chi connectivity index (χ0v) is 17.2. The number of hydrogen-bond acceptors (Lipinski definition) is 5. The van der Waals surface area contributed by atoms with E-state index in [2.05, 4.69) is 0 Å². The smallest absolute Gasteiger partial charge is 0.327 e. The van der Waals surface area contributed by atoms with Crippen molar-refractivity contribution < 1.29 is 24.6 Å². The Bertz CT molecular complexity index is 1040. The molecule has 0 bridgehead atoms. The molecular formula is C22H17NO5S2. The maximum Gasteiger partial charge on any atom is 0.327 e. The van der Waals surface area contributed by atoms with Gasteiger partial charge in [0.1, 0.15) is 10.4 Å². The molecule has 1 aliphatic rings. The van der Waals surface area contributed by atoms with Gasteiger partial charge in [0, 0.05) is 0 Å². The van der Waals surface area contributed by atoms with Crippen LogP contribution in [0.25, 0.3) is 17.2 Å². The Labute approximate surface area is 182 Å². The lowest BCUT2D eigenvalue weighted by Gasteiger charge is -2.21. The lowest BCUT2D eigenvalue weighted by Crippen LogP contribution is -2.45. The summed E-state index contributed by atoms with van der Waals surface area (Å²) in [7, 11) is 0. The van der Waals surface area contributed by atoms with Crippen LogP contribution in [0.15, 0.2) is 71.7 Å². The van der Waals surface area contributed by atoms with Crippen LogP contribution in [0, 0.1) is 0 Å². The van der Waals surface area contributed by atoms with Crippen molar-refractivity contribution in [1.82, 2.24) is 4.90 Å². The van der Waals surface area contributed by atoms with Crippen LogP contribution >= 0.6 is 24.0 Å². The summed E-state index contributed by atoms with van der Waals surface area (Å²) in [5, 5.41) is 18.2. The number of carboxylic acid groups (broad SMARTS) is 2. The zero-order valence-electron chi connectivity index (χ0n) is 15.6. The van der Waals surface area contributed by atoms with Gasteiger partial charge in [-0.15, -0.1) is 0 Å². The Morgan fingerprint density at radius 1 is 1.03 bits per heavy atom. The standard InChI is InChI=1S/C22H17NO5S2/c24-19(25)13-17(21(27)28)23-20(26)18(30-22(23)29)8-4-5-14-9-11-16(12-10-14)15-6-2-1-3-7-15/h1-12,17H,13H2,(H,24,25)(H,27,28). The van der Waals surface area contributed by atoms with E-state index in [0.717, 1.165) is 33.4 Å². The first-order valence-corrected chi connectivity index (χ1v) is 10.1. The lowest BCUT2D eigenvalue weighted by molar-refractivity contribution is -0.150. The van der Waals surface area contributed by atoms with Crippen molar-refractivity contribution in [3.05, 3.63) is 77.2 Å². The first kappa shape index (κ1) is 21.5. The quantitative estimate of drug-likeness (QED) is 0.497. The highest BCUT2D eigenvalue weighted by Gasteiger charge is 2.41. The molecular weight excluding hydrogens is 422 g/mol. The van der Waals surface area contributed by atoms with Gasteiger partial charge < -0.3 is 10.2 Å². The van der Waals surface area contributed by atoms with E-state index in [9.17, 15) is 19.5 Å². The van der Waals surface area contributed by atoms with Gasteiger partial charge in [-0.1, -0.05) is 90.7 Å². The van der Waals surface area contributed by atoms with Crippen molar-refractivity contribution in [2.75, 3.05) is 0 Å². The molecule has 1 heterocycles. The minimum atomic E-state index is -1.53. The van der Waals surface area contributed by atoms with E-state index >= 15 is 0 Å². The third kappa shape index (κ3) is 5.03. The maximum absolute atomic E-state index is 12.5. The minimum Gasteiger partial charge on any atom is -0.481 e. The summed E-state index contributed by atoms with van der Waals surface area (Å²) in [5.41, 5.74) is 3.13. The van der Waals surface area contributed by atoms with Crippen molar-refractivity contribution in [1.29, 1.82) is 0 Å². The second-order valence-electron chi connectivity index (χ2n) is 6.37. The van der Waals surface area contributed by atoms with Crippen molar-refractivity contribution in [3.63, 3.8) is 0 Å². The molecule has 8 heteroatoms. The number of rotatable bonds is 7. The van der Waals surface area contributed by atoms with Gasteiger partial charge in [0.05, 0.1) is 11.3 Å². The Morgan fingerprint density at radius 2 is 1.67 bits per heavy atom. The summed E-state index contributed by atoms with van der Waals surface area (Å²) in [6.07, 6.45) is 4.31. The fourth-order valence-electron chi connectivity index (χ4n) is 2.88. The molecule has 1 saturated heterocycles. The Kier molecular flexibility index (Phi) is 6.81. The highest BCUT2D eigenvalue weighted by atomic mass is 32.2. The summed E-state index contributed by atoms with van der Waals surface area (Å²) in [6, 6.07) is 16.3. The zero-order chi connectivity index (χ0) is 21.7. The average molecular weight is 440 g/mol. The molecule has 1 unspecified atom stereocenters. The Balaban J connectivity index is 1.72. The molecule has 6 nitrogen and oxygen atoms in total. The predicted molar refractivity (Wildman–Crippen MR) is 120 cm³/mol. The first-order chi connectivity index (χ1) is 14.4. The lowest BCUT2D eigenvalue weighted by atomic mass is 10.0. The first-order valence-electron chi connectivity index (χ1n) is 8.90. The van der Waals surface area contributed by atoms with Crippen LogP contribution in [0.4, 0.5) is 0 Å². The topological polar surface area (TPSA) is 94.9 Å². The number of thiocarbonyl (C=S) groups is 1. The molecule has 1 aliphatic heterocycles. The summed E-state index contributed by atoms with van der Waals surface area (Å²) in [4.78, 5) is 36.0. The molecule has 0 radical (unpaired) electrons. The third-order valence-electron chi connectivity index (χ3n) is 4.34. The number of amides is 1. The SMILES string of the molecule is O=C(O)CC(C(=O)O)N1C(=O)C(=CC=Cc2ccc(-c3ccccc3)cc2)SC1=S. The molecule has 1 atom stereocenters. The molecule has 2 N–H and O–H groups in total. The Hall–Kier alpha value is -3.23. The van der Waals surface area contributed by atoms with Gasteiger partial charge in [-0.2, -0.15) is 0 Å². The van der Waals surface area contributed by atoms with Crippen LogP contribution in [-0.4, -0.2) is 43.3 Å². The largest absolute Gasteiger partial charge is 0.481 e. The molecule has 0 aromatic heterocycles. The van der Waals surface area contributed by atoms with E-state index < -0.39 is 30.3 Å². The van der Waals surface area contributed by atoms with E-state index in [0.29, 0.717) is 0 Å². The van der Waals surface area contributed by atoms with Crippen molar-refractivity contribution >= 4 is 52.2 Å². The fourth-order valence-corrected chi connectivity index (χ4v) is 4.19. The van der Waals surface area contributed by atoms with Crippen molar-refractivity contribution in [2.45, 2.75) is 12.5 Å². The highest BCUT2D eigenvalue weighted by molar-refractivity contribution is 8.26. The number of carboxylic acids is 2. The van der Waals surface area contributed by atoms with Gasteiger partial charge >= 0.3 is 11.9 Å². The van der Waals surface area contributed by atoms with Crippen LogP contribution < -0.4 is 0 Å². The Morgan fingerprint density at radius 3 is 2.27 bits per heavy atom. The third-order valence-corrected chi connectivity index (χ3v) is 5.69. The second-order valence-corrected chi connectivity index (χ2v) is 8.05. The van der Waals surface area contributed by atoms with E-state index in [1.54, 1.807) is 12.2 Å². The molecule has 3 rings (SSSR count). The summed E-state index contributed by atoms with van der Waals surface area (Å²) in [5.74, 6) is -3.34. The average Bonchev–Trinajstić information content (AvgIpc) is 3.00. The monoisotopic (exact) mass is 439 g/mol. The van der Waals surface area contributed by atoms with Gasteiger partial charge in [-0.3, -0.25) is 14.5 Å². The predicted octanol–water partition coefficient (Wildman–Crippen LogP) is 4.04. The van der Waals surface area contributed by atoms with Crippen LogP contribution in [0.3, 0.4) is 0 Å². The number of benzene rings is 2. The van der Waals surface area contributed by atoms with Gasteiger partial charge in [-0.25, -0.2) is 4.79 Å². The van der Waals surface area contributed by atoms with E-state index in [1.807, 2.05) is 60.7 Å². The summed E-state index contributed by atoms with van der Waals surface area (Å²) in [6.45, 7) is 0. The molecule has 0 aliphatic carbocycles. The number of carbonyl (C=O) groups is 3. The van der Waals surface area contributed by atoms with E-state index in [-0.39, 0.29) is 9.23 Å². The van der Waals surface area contributed by atoms with Gasteiger partial charge in [-0.05, 0) is 22.8 Å². The number of aliphatic carboxylic acids is 2. The molecule has 0 saturated carbocycles. The molecule has 1 fully saturated rings. The molecule has 152 valence electrons. The van der Waals surface area contributed by atoms with Crippen LogP contribution in [0.2, 0.25) is 0 Å². The molecule has 1 amide bonds. The van der Waals surface area contributed by atoms with Gasteiger partial charge in [0.25, 0.3) is 5.91 Å². The molecule has 0 spiro atoms. The molecule has 30 heavy (non-hydrogen) atoms. The summed E-state index contributed by atoms with van der Waals surface area (Å²) < 4.78 is 0.0283. The van der Waals surface area contributed by atoms with E-state index in [4.69, 9.17) is 17.3 Å². The van der Waals surface area contributed by atoms with E-state index in [1.165, 1.54) is 0 Å². The fraction of sp³-hybridized carbons (Fsp3) is 0.0909. The normalized spacial score (nSPS) is 16.4. The number of thioether (sulfide) groups is 1. The number of allylic oxidation sites excluding steroid dienone is 2. The maximum atomic E-state index is 12.5. The van der Waals surface area contributed by atoms with Crippen molar-refractivity contribution in [3.8, 4) is 11.1 Å². The van der Waals surface area contributed by atoms with Gasteiger partial charge in [0.15, 0.2) is 0 Å². The molecule has 2 aromatic rings. The number of carbonyl (C=O) groups excluding carboxylic acids is 1. The summed E-state index contributed by atoms with van der Waals surface area (Å²) >= 11 is 6.05. The number of hydrogen-bond donors (Lipinski definition) is 2. The number of nitrogens with zero attached hydrogens (tertiary/aromatic N) is 1. The highest BCUT2D eigenvalue weighted by Crippen LogP contribution is 2.33. The second kappa shape index (κ2) is 9.51. The van der Waals surface area contributed by atoms with Crippen LogP contribution in [0.5, 0.6) is 0 Å². The molecule has 2 aromatic carbocycles. The van der Waals surface area contributed by atoms with Crippen molar-refractivity contribution in [2.24, 2.45) is 0 Å². The van der Waals surface area contributed by atoms with Crippen LogP contribution in [-0.2, 0) is 14.4 Å². The minimum absolute atomic E-state index is 0.0283.